The fraction of sp³-hybridized carbons (Fsp3) is 0.500. The number of anilines is 1. The Balaban J connectivity index is 1.68. The van der Waals surface area contributed by atoms with Gasteiger partial charge >= 0.3 is 6.03 Å². The molecule has 1 aromatic carbocycles. The van der Waals surface area contributed by atoms with E-state index in [1.165, 1.54) is 11.3 Å². The molecule has 1 aliphatic rings. The summed E-state index contributed by atoms with van der Waals surface area (Å²) >= 11 is 1.38. The highest BCUT2D eigenvalue weighted by atomic mass is 32.1. The van der Waals surface area contributed by atoms with Gasteiger partial charge in [-0.25, -0.2) is 4.79 Å². The number of nitrogens with one attached hydrogen (secondary N) is 2. The second kappa shape index (κ2) is 9.64. The maximum atomic E-state index is 12.9. The first kappa shape index (κ1) is 20.3. The van der Waals surface area contributed by atoms with Gasteiger partial charge < -0.3 is 10.2 Å². The number of carbonyl (C=O) groups is 2. The van der Waals surface area contributed by atoms with Crippen LogP contribution >= 0.6 is 11.3 Å². The minimum absolute atomic E-state index is 0.189. The van der Waals surface area contributed by atoms with Crippen LogP contribution in [0.5, 0.6) is 0 Å². The maximum absolute atomic E-state index is 12.9. The Morgan fingerprint density at radius 1 is 1.11 bits per heavy atom. The average Bonchev–Trinajstić information content (AvgIpc) is 3.34. The quantitative estimate of drug-likeness (QED) is 0.746. The summed E-state index contributed by atoms with van der Waals surface area (Å²) in [5.74, 6) is 0.200. The van der Waals surface area contributed by atoms with Gasteiger partial charge in [0.15, 0.2) is 0 Å². The van der Waals surface area contributed by atoms with Gasteiger partial charge in [0, 0.05) is 25.9 Å². The van der Waals surface area contributed by atoms with Crippen LogP contribution < -0.4 is 10.6 Å². The minimum Gasteiger partial charge on any atom is -0.326 e. The van der Waals surface area contributed by atoms with Gasteiger partial charge in [-0.3, -0.25) is 10.1 Å². The highest BCUT2D eigenvalue weighted by Gasteiger charge is 2.26. The van der Waals surface area contributed by atoms with Crippen LogP contribution in [0.4, 0.5) is 9.93 Å². The maximum Gasteiger partial charge on any atom is 0.318 e. The van der Waals surface area contributed by atoms with E-state index in [-0.39, 0.29) is 11.9 Å². The van der Waals surface area contributed by atoms with Crippen molar-refractivity contribution in [2.24, 2.45) is 5.92 Å². The lowest BCUT2D eigenvalue weighted by Gasteiger charge is -2.22. The molecule has 0 aliphatic carbocycles. The summed E-state index contributed by atoms with van der Waals surface area (Å²) in [7, 11) is 0. The molecule has 2 aromatic rings. The van der Waals surface area contributed by atoms with Crippen molar-refractivity contribution in [3.05, 3.63) is 40.9 Å². The zero-order valence-corrected chi connectivity index (χ0v) is 17.2. The molecule has 0 radical (unpaired) electrons. The van der Waals surface area contributed by atoms with Crippen LogP contribution in [0.15, 0.2) is 30.3 Å². The number of rotatable bonds is 7. The topological polar surface area (TPSA) is 87.2 Å². The van der Waals surface area contributed by atoms with Crippen molar-refractivity contribution >= 4 is 28.4 Å². The third-order valence-electron chi connectivity index (χ3n) is 4.57. The number of carbonyl (C=O) groups excluding carboxylic acids is 2. The fourth-order valence-electron chi connectivity index (χ4n) is 3.15. The molecule has 0 bridgehead atoms. The van der Waals surface area contributed by atoms with E-state index in [2.05, 4.69) is 34.7 Å². The van der Waals surface area contributed by atoms with Crippen molar-refractivity contribution in [2.75, 3.05) is 18.4 Å². The molecular formula is C20H27N5O2S. The zero-order chi connectivity index (χ0) is 19.9. The zero-order valence-electron chi connectivity index (χ0n) is 16.4. The fourth-order valence-corrected chi connectivity index (χ4v) is 4.10. The first-order chi connectivity index (χ1) is 13.5. The summed E-state index contributed by atoms with van der Waals surface area (Å²) in [6, 6.07) is 8.82. The van der Waals surface area contributed by atoms with E-state index < -0.39 is 6.04 Å². The molecule has 2 N–H and O–H groups in total. The van der Waals surface area contributed by atoms with Crippen molar-refractivity contribution in [2.45, 2.75) is 45.6 Å². The summed E-state index contributed by atoms with van der Waals surface area (Å²) in [5.41, 5.74) is 0.988. The third-order valence-corrected chi connectivity index (χ3v) is 5.43. The van der Waals surface area contributed by atoms with Crippen LogP contribution in [0, 0.1) is 5.92 Å². The lowest BCUT2D eigenvalue weighted by atomic mass is 10.1. The van der Waals surface area contributed by atoms with Gasteiger partial charge in [0.1, 0.15) is 11.0 Å². The van der Waals surface area contributed by atoms with Crippen LogP contribution in [-0.2, 0) is 17.6 Å². The number of benzene rings is 1. The summed E-state index contributed by atoms with van der Waals surface area (Å²) in [5, 5.41) is 15.3. The Bertz CT molecular complexity index is 787. The molecule has 8 heteroatoms. The second-order valence-corrected chi connectivity index (χ2v) is 8.54. The SMILES string of the molecule is CC(C)Cc1nnc(NC(=O)[C@H](Cc2ccccc2)NC(=O)N2CCCC2)s1. The molecule has 1 aromatic heterocycles. The molecule has 7 nitrogen and oxygen atoms in total. The number of amides is 3. The summed E-state index contributed by atoms with van der Waals surface area (Å²) in [4.78, 5) is 27.2. The highest BCUT2D eigenvalue weighted by molar-refractivity contribution is 7.15. The summed E-state index contributed by atoms with van der Waals surface area (Å²) in [6.07, 6.45) is 3.26. The van der Waals surface area contributed by atoms with E-state index in [9.17, 15) is 9.59 Å². The van der Waals surface area contributed by atoms with Crippen LogP contribution in [0.2, 0.25) is 0 Å². The molecule has 1 aliphatic heterocycles. The van der Waals surface area contributed by atoms with Crippen LogP contribution in [-0.4, -0.2) is 46.2 Å². The molecule has 3 rings (SSSR count). The monoisotopic (exact) mass is 401 g/mol. The van der Waals surface area contributed by atoms with E-state index in [0.717, 1.165) is 42.9 Å². The molecule has 2 heterocycles. The van der Waals surface area contributed by atoms with E-state index in [0.29, 0.717) is 17.5 Å². The minimum atomic E-state index is -0.673. The Hall–Kier alpha value is -2.48. The lowest BCUT2D eigenvalue weighted by Crippen LogP contribution is -2.49. The van der Waals surface area contributed by atoms with Gasteiger partial charge in [0.05, 0.1) is 0 Å². The molecule has 3 amide bonds. The van der Waals surface area contributed by atoms with Crippen molar-refractivity contribution in [1.82, 2.24) is 20.4 Å². The van der Waals surface area contributed by atoms with E-state index in [1.807, 2.05) is 30.3 Å². The third kappa shape index (κ3) is 5.76. The van der Waals surface area contributed by atoms with Crippen LogP contribution in [0.3, 0.4) is 0 Å². The molecule has 1 atom stereocenters. The van der Waals surface area contributed by atoms with Gasteiger partial charge in [0.2, 0.25) is 11.0 Å². The van der Waals surface area contributed by atoms with E-state index in [4.69, 9.17) is 0 Å². The smallest absolute Gasteiger partial charge is 0.318 e. The number of hydrogen-bond acceptors (Lipinski definition) is 5. The normalized spacial score (nSPS) is 14.9. The predicted molar refractivity (Wildman–Crippen MR) is 110 cm³/mol. The summed E-state index contributed by atoms with van der Waals surface area (Å²) < 4.78 is 0. The summed E-state index contributed by atoms with van der Waals surface area (Å²) in [6.45, 7) is 5.70. The molecule has 1 fully saturated rings. The highest BCUT2D eigenvalue weighted by Crippen LogP contribution is 2.19. The lowest BCUT2D eigenvalue weighted by molar-refractivity contribution is -0.118. The Kier molecular flexibility index (Phi) is 6.97. The molecule has 0 spiro atoms. The van der Waals surface area contributed by atoms with Crippen molar-refractivity contribution in [3.8, 4) is 0 Å². The van der Waals surface area contributed by atoms with Crippen LogP contribution in [0.25, 0.3) is 0 Å². The standard InChI is InChI=1S/C20H27N5O2S/c1-14(2)12-17-23-24-19(28-17)22-18(26)16(13-15-8-4-3-5-9-15)21-20(27)25-10-6-7-11-25/h3-5,8-9,14,16H,6-7,10-13H2,1-2H3,(H,21,27)(H,22,24,26)/t16-/m0/s1. The van der Waals surface area contributed by atoms with Gasteiger partial charge in [-0.2, -0.15) is 0 Å². The molecule has 28 heavy (non-hydrogen) atoms. The number of hydrogen-bond donors (Lipinski definition) is 2. The number of aromatic nitrogens is 2. The van der Waals surface area contributed by atoms with E-state index >= 15 is 0 Å². The molecule has 1 saturated heterocycles. The van der Waals surface area contributed by atoms with Crippen molar-refractivity contribution in [3.63, 3.8) is 0 Å². The van der Waals surface area contributed by atoms with Gasteiger partial charge in [-0.05, 0) is 24.3 Å². The average molecular weight is 402 g/mol. The number of urea groups is 1. The Morgan fingerprint density at radius 2 is 1.82 bits per heavy atom. The largest absolute Gasteiger partial charge is 0.326 e. The Labute approximate surface area is 169 Å². The van der Waals surface area contributed by atoms with Crippen molar-refractivity contribution in [1.29, 1.82) is 0 Å². The van der Waals surface area contributed by atoms with E-state index in [1.54, 1.807) is 4.90 Å². The van der Waals surface area contributed by atoms with Crippen LogP contribution in [0.1, 0.15) is 37.3 Å². The molecule has 0 saturated carbocycles. The first-order valence-electron chi connectivity index (χ1n) is 9.74. The number of likely N-dealkylation sites (tertiary alicyclic amines) is 1. The number of nitrogens with zero attached hydrogens (tertiary/aromatic N) is 3. The van der Waals surface area contributed by atoms with Crippen molar-refractivity contribution < 1.29 is 9.59 Å². The van der Waals surface area contributed by atoms with Gasteiger partial charge in [-0.1, -0.05) is 55.5 Å². The van der Waals surface area contributed by atoms with Gasteiger partial charge in [-0.15, -0.1) is 10.2 Å². The molecule has 0 unspecified atom stereocenters. The second-order valence-electron chi connectivity index (χ2n) is 7.47. The molecule has 150 valence electrons. The molecular weight excluding hydrogens is 374 g/mol. The predicted octanol–water partition coefficient (Wildman–Crippen LogP) is 3.09. The Morgan fingerprint density at radius 3 is 2.50 bits per heavy atom. The van der Waals surface area contributed by atoms with Gasteiger partial charge in [0.25, 0.3) is 0 Å². The first-order valence-corrected chi connectivity index (χ1v) is 10.6.